The van der Waals surface area contributed by atoms with E-state index in [4.69, 9.17) is 9.84 Å². The van der Waals surface area contributed by atoms with Crippen LogP contribution in [0.15, 0.2) is 0 Å². The van der Waals surface area contributed by atoms with Crippen LogP contribution >= 0.6 is 0 Å². The summed E-state index contributed by atoms with van der Waals surface area (Å²) in [5.74, 6) is -1.46. The summed E-state index contributed by atoms with van der Waals surface area (Å²) in [5.41, 5.74) is 0. The second-order valence-electron chi connectivity index (χ2n) is 4.91. The van der Waals surface area contributed by atoms with Crippen molar-refractivity contribution in [2.24, 2.45) is 0 Å². The topological polar surface area (TPSA) is 87.2 Å². The molecule has 2 rings (SSSR count). The van der Waals surface area contributed by atoms with Crippen LogP contribution < -0.4 is 0 Å². The number of carbonyl (C=O) groups excluding carboxylic acids is 2. The molecule has 0 aromatic heterocycles. The van der Waals surface area contributed by atoms with Crippen LogP contribution in [0, 0.1) is 0 Å². The SMILES string of the molecule is COCCN(CC(=O)O)C1CC(=O)N(C2CC2)C1=O. The van der Waals surface area contributed by atoms with Crippen LogP contribution in [0.5, 0.6) is 0 Å². The van der Waals surface area contributed by atoms with Crippen LogP contribution in [0.25, 0.3) is 0 Å². The van der Waals surface area contributed by atoms with Gasteiger partial charge in [-0.15, -0.1) is 0 Å². The second-order valence-corrected chi connectivity index (χ2v) is 4.91. The van der Waals surface area contributed by atoms with E-state index in [-0.39, 0.29) is 30.8 Å². The van der Waals surface area contributed by atoms with Gasteiger partial charge in [-0.2, -0.15) is 0 Å². The minimum Gasteiger partial charge on any atom is -0.480 e. The second kappa shape index (κ2) is 5.66. The Bertz CT molecular complexity index is 394. The quantitative estimate of drug-likeness (QED) is 0.616. The molecule has 1 saturated carbocycles. The van der Waals surface area contributed by atoms with Crippen LogP contribution in [-0.4, -0.2) is 71.6 Å². The number of hydrogen-bond acceptors (Lipinski definition) is 5. The number of likely N-dealkylation sites (tertiary alicyclic amines) is 1. The molecule has 1 aliphatic heterocycles. The van der Waals surface area contributed by atoms with Crippen molar-refractivity contribution in [2.75, 3.05) is 26.8 Å². The van der Waals surface area contributed by atoms with Crippen molar-refractivity contribution < 1.29 is 24.2 Å². The molecule has 1 atom stereocenters. The maximum atomic E-state index is 12.2. The lowest BCUT2D eigenvalue weighted by atomic mass is 10.2. The van der Waals surface area contributed by atoms with E-state index in [1.165, 1.54) is 16.9 Å². The largest absolute Gasteiger partial charge is 0.480 e. The summed E-state index contributed by atoms with van der Waals surface area (Å²) in [7, 11) is 1.51. The Hall–Kier alpha value is -1.47. The maximum absolute atomic E-state index is 12.2. The van der Waals surface area contributed by atoms with Crippen molar-refractivity contribution in [1.29, 1.82) is 0 Å². The standard InChI is InChI=1S/C12H18N2O5/c1-19-5-4-13(7-11(16)17)9-6-10(15)14(12(9)18)8-2-3-8/h8-9H,2-7H2,1H3,(H,16,17). The average Bonchev–Trinajstić information content (AvgIpc) is 3.11. The van der Waals surface area contributed by atoms with E-state index in [2.05, 4.69) is 0 Å². The number of imide groups is 1. The third kappa shape index (κ3) is 3.10. The van der Waals surface area contributed by atoms with Crippen LogP contribution in [0.2, 0.25) is 0 Å². The molecule has 106 valence electrons. The fourth-order valence-corrected chi connectivity index (χ4v) is 2.36. The Morgan fingerprint density at radius 3 is 2.68 bits per heavy atom. The average molecular weight is 270 g/mol. The summed E-state index contributed by atoms with van der Waals surface area (Å²) in [6.45, 7) is 0.394. The fraction of sp³-hybridized carbons (Fsp3) is 0.750. The van der Waals surface area contributed by atoms with Crippen molar-refractivity contribution in [2.45, 2.75) is 31.3 Å². The first kappa shape index (κ1) is 14.0. The van der Waals surface area contributed by atoms with E-state index in [0.717, 1.165) is 12.8 Å². The van der Waals surface area contributed by atoms with Crippen LogP contribution in [0.3, 0.4) is 0 Å². The Labute approximate surface area is 111 Å². The van der Waals surface area contributed by atoms with Crippen molar-refractivity contribution in [3.8, 4) is 0 Å². The number of carboxylic acid groups (broad SMARTS) is 1. The number of carboxylic acids is 1. The van der Waals surface area contributed by atoms with Gasteiger partial charge in [-0.25, -0.2) is 0 Å². The van der Waals surface area contributed by atoms with Gasteiger partial charge in [0.15, 0.2) is 0 Å². The van der Waals surface area contributed by atoms with Gasteiger partial charge in [-0.05, 0) is 12.8 Å². The zero-order valence-corrected chi connectivity index (χ0v) is 10.9. The molecule has 0 radical (unpaired) electrons. The first-order valence-electron chi connectivity index (χ1n) is 6.35. The Morgan fingerprint density at radius 1 is 1.47 bits per heavy atom. The predicted octanol–water partition coefficient (Wildman–Crippen LogP) is -0.691. The monoisotopic (exact) mass is 270 g/mol. The normalized spacial score (nSPS) is 23.5. The molecule has 0 spiro atoms. The highest BCUT2D eigenvalue weighted by Gasteiger charge is 2.48. The van der Waals surface area contributed by atoms with Crippen molar-refractivity contribution in [3.05, 3.63) is 0 Å². The van der Waals surface area contributed by atoms with Crippen molar-refractivity contribution in [1.82, 2.24) is 9.80 Å². The molecule has 0 aromatic rings. The predicted molar refractivity (Wildman–Crippen MR) is 64.4 cm³/mol. The van der Waals surface area contributed by atoms with E-state index in [1.54, 1.807) is 0 Å². The number of methoxy groups -OCH3 is 1. The Morgan fingerprint density at radius 2 is 2.16 bits per heavy atom. The molecule has 2 fully saturated rings. The van der Waals surface area contributed by atoms with E-state index >= 15 is 0 Å². The lowest BCUT2D eigenvalue weighted by molar-refractivity contribution is -0.141. The van der Waals surface area contributed by atoms with Gasteiger partial charge in [0.1, 0.15) is 0 Å². The van der Waals surface area contributed by atoms with E-state index in [0.29, 0.717) is 13.2 Å². The number of rotatable bonds is 7. The van der Waals surface area contributed by atoms with E-state index in [9.17, 15) is 14.4 Å². The molecule has 1 unspecified atom stereocenters. The fourth-order valence-electron chi connectivity index (χ4n) is 2.36. The number of ether oxygens (including phenoxy) is 1. The molecule has 1 N–H and O–H groups in total. The highest BCUT2D eigenvalue weighted by Crippen LogP contribution is 2.32. The molecule has 1 saturated heterocycles. The third-order valence-electron chi connectivity index (χ3n) is 3.43. The summed E-state index contributed by atoms with van der Waals surface area (Å²) in [6, 6.07) is -0.613. The molecule has 0 aromatic carbocycles. The molecule has 0 bridgehead atoms. The number of aliphatic carboxylic acids is 1. The van der Waals surface area contributed by atoms with Crippen LogP contribution in [0.4, 0.5) is 0 Å². The number of nitrogens with zero attached hydrogens (tertiary/aromatic N) is 2. The molecular weight excluding hydrogens is 252 g/mol. The van der Waals surface area contributed by atoms with Gasteiger partial charge in [0, 0.05) is 19.7 Å². The van der Waals surface area contributed by atoms with E-state index < -0.39 is 12.0 Å². The van der Waals surface area contributed by atoms with Gasteiger partial charge >= 0.3 is 5.97 Å². The number of carbonyl (C=O) groups is 3. The Balaban J connectivity index is 2.05. The van der Waals surface area contributed by atoms with Gasteiger partial charge in [-0.1, -0.05) is 0 Å². The summed E-state index contributed by atoms with van der Waals surface area (Å²) < 4.78 is 4.92. The van der Waals surface area contributed by atoms with Gasteiger partial charge in [0.25, 0.3) is 0 Å². The minimum absolute atomic E-state index is 0.0408. The molecule has 19 heavy (non-hydrogen) atoms. The molecule has 7 heteroatoms. The molecule has 2 amide bonds. The molecule has 1 heterocycles. The lowest BCUT2D eigenvalue weighted by Gasteiger charge is -2.25. The van der Waals surface area contributed by atoms with Crippen molar-refractivity contribution >= 4 is 17.8 Å². The van der Waals surface area contributed by atoms with Crippen molar-refractivity contribution in [3.63, 3.8) is 0 Å². The van der Waals surface area contributed by atoms with E-state index in [1.807, 2.05) is 0 Å². The number of hydrogen-bond donors (Lipinski definition) is 1. The highest BCUT2D eigenvalue weighted by molar-refractivity contribution is 6.06. The van der Waals surface area contributed by atoms with Crippen LogP contribution in [0.1, 0.15) is 19.3 Å². The lowest BCUT2D eigenvalue weighted by Crippen LogP contribution is -2.46. The van der Waals surface area contributed by atoms with Gasteiger partial charge in [-0.3, -0.25) is 24.2 Å². The summed E-state index contributed by atoms with van der Waals surface area (Å²) >= 11 is 0. The van der Waals surface area contributed by atoms with Gasteiger partial charge < -0.3 is 9.84 Å². The highest BCUT2D eigenvalue weighted by atomic mass is 16.5. The molecule has 2 aliphatic rings. The summed E-state index contributed by atoms with van der Waals surface area (Å²) in [4.78, 5) is 37.7. The van der Waals surface area contributed by atoms with Gasteiger partial charge in [0.2, 0.25) is 11.8 Å². The molecule has 1 aliphatic carbocycles. The Kier molecular flexibility index (Phi) is 4.16. The summed E-state index contributed by atoms with van der Waals surface area (Å²) in [5, 5.41) is 8.89. The first-order valence-corrected chi connectivity index (χ1v) is 6.35. The smallest absolute Gasteiger partial charge is 0.317 e. The summed E-state index contributed by atoms with van der Waals surface area (Å²) in [6.07, 6.45) is 1.80. The van der Waals surface area contributed by atoms with Gasteiger partial charge in [0.05, 0.1) is 25.6 Å². The third-order valence-corrected chi connectivity index (χ3v) is 3.43. The zero-order chi connectivity index (χ0) is 14.0. The van der Waals surface area contributed by atoms with Crippen LogP contribution in [-0.2, 0) is 19.1 Å². The number of amides is 2. The molecule has 7 nitrogen and oxygen atoms in total. The maximum Gasteiger partial charge on any atom is 0.317 e. The first-order chi connectivity index (χ1) is 9.04. The zero-order valence-electron chi connectivity index (χ0n) is 10.9. The minimum atomic E-state index is -1.01. The molecular formula is C12H18N2O5.